The Kier molecular flexibility index (Phi) is 4.15. The number of alkyl halides is 1. The van der Waals surface area contributed by atoms with Gasteiger partial charge in [-0.1, -0.05) is 29.5 Å². The van der Waals surface area contributed by atoms with Gasteiger partial charge in [0, 0.05) is 29.7 Å². The minimum atomic E-state index is -1.82. The molecule has 0 amide bonds. The summed E-state index contributed by atoms with van der Waals surface area (Å²) in [5.41, 5.74) is 1.79. The highest BCUT2D eigenvalue weighted by molar-refractivity contribution is 5.86. The SMILES string of the molecule is Cn1cc(C(O)(CF)c2ccc3c(c2)nnn3-c2ccc(F)cc2)c2ccccc21. The topological polar surface area (TPSA) is 55.9 Å². The number of para-hydroxylation sites is 1. The van der Waals surface area contributed by atoms with E-state index in [1.807, 2.05) is 35.9 Å². The molecule has 0 fully saturated rings. The van der Waals surface area contributed by atoms with Crippen molar-refractivity contribution in [2.24, 2.45) is 7.05 Å². The lowest BCUT2D eigenvalue weighted by molar-refractivity contribution is 0.0532. The van der Waals surface area contributed by atoms with E-state index >= 15 is 0 Å². The van der Waals surface area contributed by atoms with Crippen molar-refractivity contribution in [3.05, 3.63) is 89.9 Å². The molecule has 0 aliphatic carbocycles. The van der Waals surface area contributed by atoms with Gasteiger partial charge in [-0.3, -0.25) is 0 Å². The summed E-state index contributed by atoms with van der Waals surface area (Å²) in [6, 6.07) is 18.5. The lowest BCUT2D eigenvalue weighted by atomic mass is 9.87. The van der Waals surface area contributed by atoms with Gasteiger partial charge >= 0.3 is 0 Å². The van der Waals surface area contributed by atoms with Crippen molar-refractivity contribution in [1.82, 2.24) is 19.6 Å². The van der Waals surface area contributed by atoms with E-state index in [-0.39, 0.29) is 5.82 Å². The summed E-state index contributed by atoms with van der Waals surface area (Å²) in [4.78, 5) is 0. The number of nitrogens with zero attached hydrogens (tertiary/aromatic N) is 4. The quantitative estimate of drug-likeness (QED) is 0.487. The molecule has 7 heteroatoms. The van der Waals surface area contributed by atoms with E-state index in [9.17, 15) is 13.9 Å². The van der Waals surface area contributed by atoms with Gasteiger partial charge in [0.2, 0.25) is 0 Å². The molecule has 0 aliphatic rings. The summed E-state index contributed by atoms with van der Waals surface area (Å²) in [6.45, 7) is -0.987. The van der Waals surface area contributed by atoms with Crippen molar-refractivity contribution in [2.75, 3.05) is 6.67 Å². The first-order chi connectivity index (χ1) is 14.5. The van der Waals surface area contributed by atoms with Gasteiger partial charge in [0.1, 0.15) is 23.6 Å². The van der Waals surface area contributed by atoms with E-state index in [4.69, 9.17) is 0 Å². The van der Waals surface area contributed by atoms with Gasteiger partial charge in [-0.05, 0) is 48.0 Å². The van der Waals surface area contributed by atoms with Gasteiger partial charge in [-0.2, -0.15) is 0 Å². The number of hydrogen-bond donors (Lipinski definition) is 1. The minimum Gasteiger partial charge on any atom is -0.378 e. The normalized spacial score (nSPS) is 13.7. The lowest BCUT2D eigenvalue weighted by Crippen LogP contribution is -2.29. The summed E-state index contributed by atoms with van der Waals surface area (Å²) in [5.74, 6) is -0.339. The predicted molar refractivity (Wildman–Crippen MR) is 111 cm³/mol. The number of rotatable bonds is 4. The van der Waals surface area contributed by atoms with Gasteiger partial charge in [-0.15, -0.1) is 5.10 Å². The van der Waals surface area contributed by atoms with E-state index in [1.54, 1.807) is 41.2 Å². The Morgan fingerprint density at radius 3 is 2.53 bits per heavy atom. The molecule has 0 aliphatic heterocycles. The zero-order chi connectivity index (χ0) is 20.9. The van der Waals surface area contributed by atoms with E-state index in [0.29, 0.717) is 27.8 Å². The highest BCUT2D eigenvalue weighted by Gasteiger charge is 2.35. The Morgan fingerprint density at radius 2 is 1.77 bits per heavy atom. The second-order valence-electron chi connectivity index (χ2n) is 7.35. The van der Waals surface area contributed by atoms with Crippen LogP contribution in [-0.2, 0) is 12.6 Å². The first-order valence-corrected chi connectivity index (χ1v) is 9.46. The van der Waals surface area contributed by atoms with Crippen molar-refractivity contribution in [2.45, 2.75) is 5.60 Å². The highest BCUT2D eigenvalue weighted by Crippen LogP contribution is 2.37. The Balaban J connectivity index is 1.65. The van der Waals surface area contributed by atoms with Crippen LogP contribution in [0.15, 0.2) is 72.9 Å². The van der Waals surface area contributed by atoms with E-state index in [2.05, 4.69) is 10.3 Å². The molecule has 150 valence electrons. The Bertz CT molecular complexity index is 1370. The maximum absolute atomic E-state index is 14.3. The third-order valence-corrected chi connectivity index (χ3v) is 5.53. The second-order valence-corrected chi connectivity index (χ2v) is 7.35. The molecule has 1 unspecified atom stereocenters. The third-order valence-electron chi connectivity index (χ3n) is 5.53. The summed E-state index contributed by atoms with van der Waals surface area (Å²) in [6.07, 6.45) is 1.75. The average molecular weight is 404 g/mol. The molecule has 2 aromatic heterocycles. The van der Waals surface area contributed by atoms with Crippen LogP contribution >= 0.6 is 0 Å². The fraction of sp³-hybridized carbons (Fsp3) is 0.130. The number of aliphatic hydroxyl groups is 1. The molecule has 0 saturated heterocycles. The van der Waals surface area contributed by atoms with Crippen molar-refractivity contribution in [1.29, 1.82) is 0 Å². The maximum Gasteiger partial charge on any atom is 0.145 e. The molecule has 1 N–H and O–H groups in total. The molecular formula is C23H18F2N4O. The molecule has 2 heterocycles. The monoisotopic (exact) mass is 404 g/mol. The van der Waals surface area contributed by atoms with Crippen LogP contribution in [0.1, 0.15) is 11.1 Å². The molecule has 0 bridgehead atoms. The molecule has 0 saturated carbocycles. The van der Waals surface area contributed by atoms with Crippen LogP contribution in [0.2, 0.25) is 0 Å². The standard InChI is InChI=1S/C23H18F2N4O/c1-28-13-19(18-4-2-3-5-21(18)28)23(30,14-24)15-6-11-22-20(12-15)26-27-29(22)17-9-7-16(25)8-10-17/h2-13,30H,14H2,1H3. The first kappa shape index (κ1) is 18.4. The van der Waals surface area contributed by atoms with Crippen LogP contribution < -0.4 is 0 Å². The Morgan fingerprint density at radius 1 is 1.00 bits per heavy atom. The van der Waals surface area contributed by atoms with Gasteiger partial charge in [-0.25, -0.2) is 13.5 Å². The summed E-state index contributed by atoms with van der Waals surface area (Å²) < 4.78 is 31.0. The Labute approximate surface area is 170 Å². The number of benzene rings is 3. The average Bonchev–Trinajstić information content (AvgIpc) is 3.35. The molecule has 3 aromatic carbocycles. The molecule has 5 aromatic rings. The molecule has 0 spiro atoms. The van der Waals surface area contributed by atoms with Crippen LogP contribution in [0.3, 0.4) is 0 Å². The molecule has 0 radical (unpaired) electrons. The number of halogens is 2. The fourth-order valence-corrected chi connectivity index (χ4v) is 3.93. The minimum absolute atomic E-state index is 0.339. The van der Waals surface area contributed by atoms with Crippen LogP contribution in [0, 0.1) is 5.82 Å². The molecule has 5 rings (SSSR count). The van der Waals surface area contributed by atoms with Crippen LogP contribution in [0.25, 0.3) is 27.6 Å². The molecule has 5 nitrogen and oxygen atoms in total. The smallest absolute Gasteiger partial charge is 0.145 e. The van der Waals surface area contributed by atoms with Gasteiger partial charge in [0.15, 0.2) is 0 Å². The summed E-state index contributed by atoms with van der Waals surface area (Å²) in [5, 5.41) is 20.5. The summed E-state index contributed by atoms with van der Waals surface area (Å²) >= 11 is 0. The van der Waals surface area contributed by atoms with Crippen molar-refractivity contribution in [3.8, 4) is 5.69 Å². The van der Waals surface area contributed by atoms with Crippen molar-refractivity contribution in [3.63, 3.8) is 0 Å². The van der Waals surface area contributed by atoms with Crippen LogP contribution in [0.4, 0.5) is 8.78 Å². The highest BCUT2D eigenvalue weighted by atomic mass is 19.1. The van der Waals surface area contributed by atoms with E-state index < -0.39 is 12.3 Å². The lowest BCUT2D eigenvalue weighted by Gasteiger charge is -2.25. The zero-order valence-electron chi connectivity index (χ0n) is 16.1. The third kappa shape index (κ3) is 2.70. The fourth-order valence-electron chi connectivity index (χ4n) is 3.93. The Hall–Kier alpha value is -3.58. The molecule has 30 heavy (non-hydrogen) atoms. The summed E-state index contributed by atoms with van der Waals surface area (Å²) in [7, 11) is 1.86. The number of aromatic nitrogens is 4. The van der Waals surface area contributed by atoms with Crippen molar-refractivity contribution >= 4 is 21.9 Å². The van der Waals surface area contributed by atoms with E-state index in [0.717, 1.165) is 10.9 Å². The molecular weight excluding hydrogens is 386 g/mol. The second kappa shape index (κ2) is 6.74. The van der Waals surface area contributed by atoms with Crippen molar-refractivity contribution < 1.29 is 13.9 Å². The number of hydrogen-bond acceptors (Lipinski definition) is 3. The first-order valence-electron chi connectivity index (χ1n) is 9.46. The van der Waals surface area contributed by atoms with Gasteiger partial charge < -0.3 is 9.67 Å². The van der Waals surface area contributed by atoms with Crippen LogP contribution in [-0.4, -0.2) is 31.3 Å². The maximum atomic E-state index is 14.3. The zero-order valence-corrected chi connectivity index (χ0v) is 16.1. The van der Waals surface area contributed by atoms with Gasteiger partial charge in [0.25, 0.3) is 0 Å². The van der Waals surface area contributed by atoms with Crippen LogP contribution in [0.5, 0.6) is 0 Å². The predicted octanol–water partition coefficient (Wildman–Crippen LogP) is 4.26. The number of fused-ring (bicyclic) bond motifs is 2. The van der Waals surface area contributed by atoms with E-state index in [1.165, 1.54) is 12.1 Å². The molecule has 1 atom stereocenters. The van der Waals surface area contributed by atoms with Gasteiger partial charge in [0.05, 0.1) is 11.2 Å². The number of aryl methyl sites for hydroxylation is 1. The largest absolute Gasteiger partial charge is 0.378 e.